The van der Waals surface area contributed by atoms with Crippen molar-refractivity contribution < 1.29 is 4.39 Å². The second-order valence-electron chi connectivity index (χ2n) is 4.27. The highest BCUT2D eigenvalue weighted by Crippen LogP contribution is 2.21. The largest absolute Gasteiger partial charge is 0.257 e. The summed E-state index contributed by atoms with van der Waals surface area (Å²) in [6, 6.07) is 3.01. The number of rotatable bonds is 1. The molecule has 1 heterocycles. The molecule has 0 saturated carbocycles. The average molecular weight is 181 g/mol. The molecule has 72 valence electrons. The lowest BCUT2D eigenvalue weighted by Gasteiger charge is -2.18. The molecule has 0 N–H and O–H groups in total. The monoisotopic (exact) mass is 181 g/mol. The number of hydrogen-bond acceptors (Lipinski definition) is 1. The van der Waals surface area contributed by atoms with Gasteiger partial charge in [0.25, 0.3) is 0 Å². The standard InChI is InChI=1S/C11H16FN/c1-5-9-6-8(12)7-10(13-9)11(2,3)4/h6-7H,5H2,1-4H3. The molecule has 0 atom stereocenters. The quantitative estimate of drug-likeness (QED) is 0.648. The summed E-state index contributed by atoms with van der Waals surface area (Å²) in [4.78, 5) is 4.38. The van der Waals surface area contributed by atoms with Crippen LogP contribution < -0.4 is 0 Å². The van der Waals surface area contributed by atoms with Crippen molar-refractivity contribution in [2.24, 2.45) is 0 Å². The molecular weight excluding hydrogens is 165 g/mol. The summed E-state index contributed by atoms with van der Waals surface area (Å²) in [5.41, 5.74) is 1.57. The first kappa shape index (κ1) is 10.2. The van der Waals surface area contributed by atoms with Crippen molar-refractivity contribution in [3.8, 4) is 0 Å². The molecule has 1 aromatic heterocycles. The van der Waals surface area contributed by atoms with Crippen LogP contribution in [-0.4, -0.2) is 4.98 Å². The molecule has 0 aliphatic rings. The molecule has 0 aromatic carbocycles. The summed E-state index contributed by atoms with van der Waals surface area (Å²) < 4.78 is 13.1. The van der Waals surface area contributed by atoms with Gasteiger partial charge in [-0.15, -0.1) is 0 Å². The summed E-state index contributed by atoms with van der Waals surface area (Å²) >= 11 is 0. The minimum atomic E-state index is -0.184. The fourth-order valence-electron chi connectivity index (χ4n) is 1.12. The number of pyridine rings is 1. The summed E-state index contributed by atoms with van der Waals surface area (Å²) in [5.74, 6) is -0.184. The van der Waals surface area contributed by atoms with Gasteiger partial charge in [-0.3, -0.25) is 4.98 Å². The summed E-state index contributed by atoms with van der Waals surface area (Å²) in [6.07, 6.45) is 0.779. The summed E-state index contributed by atoms with van der Waals surface area (Å²) in [7, 11) is 0. The van der Waals surface area contributed by atoms with Crippen molar-refractivity contribution >= 4 is 0 Å². The van der Waals surface area contributed by atoms with Crippen molar-refractivity contribution in [2.45, 2.75) is 39.5 Å². The van der Waals surface area contributed by atoms with E-state index in [4.69, 9.17) is 0 Å². The molecule has 1 rings (SSSR count). The van der Waals surface area contributed by atoms with Crippen LogP contribution in [0.1, 0.15) is 39.1 Å². The lowest BCUT2D eigenvalue weighted by Crippen LogP contribution is -2.14. The van der Waals surface area contributed by atoms with E-state index in [0.717, 1.165) is 17.8 Å². The van der Waals surface area contributed by atoms with Crippen molar-refractivity contribution in [1.29, 1.82) is 0 Å². The van der Waals surface area contributed by atoms with Gasteiger partial charge in [0.2, 0.25) is 0 Å². The van der Waals surface area contributed by atoms with Crippen LogP contribution in [0.5, 0.6) is 0 Å². The van der Waals surface area contributed by atoms with Gasteiger partial charge >= 0.3 is 0 Å². The molecule has 0 aliphatic heterocycles. The van der Waals surface area contributed by atoms with Gasteiger partial charge in [-0.2, -0.15) is 0 Å². The Morgan fingerprint density at radius 3 is 2.38 bits per heavy atom. The minimum Gasteiger partial charge on any atom is -0.257 e. The highest BCUT2D eigenvalue weighted by Gasteiger charge is 2.16. The zero-order valence-corrected chi connectivity index (χ0v) is 8.69. The van der Waals surface area contributed by atoms with Crippen LogP contribution in [0.25, 0.3) is 0 Å². The van der Waals surface area contributed by atoms with Gasteiger partial charge in [-0.05, 0) is 18.6 Å². The fourth-order valence-corrected chi connectivity index (χ4v) is 1.12. The van der Waals surface area contributed by atoms with Crippen LogP contribution in [0.15, 0.2) is 12.1 Å². The lowest BCUT2D eigenvalue weighted by molar-refractivity contribution is 0.547. The van der Waals surface area contributed by atoms with Gasteiger partial charge in [0.1, 0.15) is 5.82 Å². The Bertz CT molecular complexity index is 299. The maximum atomic E-state index is 13.1. The van der Waals surface area contributed by atoms with Crippen LogP contribution in [0.4, 0.5) is 4.39 Å². The maximum Gasteiger partial charge on any atom is 0.126 e. The lowest BCUT2D eigenvalue weighted by atomic mass is 9.91. The topological polar surface area (TPSA) is 12.9 Å². The van der Waals surface area contributed by atoms with Gasteiger partial charge in [-0.25, -0.2) is 4.39 Å². The highest BCUT2D eigenvalue weighted by atomic mass is 19.1. The van der Waals surface area contributed by atoms with Crippen molar-refractivity contribution in [1.82, 2.24) is 4.98 Å². The number of halogens is 1. The van der Waals surface area contributed by atoms with E-state index in [0.29, 0.717) is 0 Å². The predicted molar refractivity (Wildman–Crippen MR) is 52.3 cm³/mol. The molecule has 0 aliphatic carbocycles. The Labute approximate surface area is 79.0 Å². The van der Waals surface area contributed by atoms with Crippen LogP contribution in [0.2, 0.25) is 0 Å². The van der Waals surface area contributed by atoms with E-state index in [1.54, 1.807) is 0 Å². The van der Waals surface area contributed by atoms with Crippen LogP contribution in [-0.2, 0) is 11.8 Å². The zero-order valence-electron chi connectivity index (χ0n) is 8.69. The van der Waals surface area contributed by atoms with Crippen LogP contribution in [0, 0.1) is 5.82 Å². The normalized spacial score (nSPS) is 11.8. The molecular formula is C11H16FN. The molecule has 0 spiro atoms. The number of aryl methyl sites for hydroxylation is 1. The van der Waals surface area contributed by atoms with Gasteiger partial charge in [-0.1, -0.05) is 27.7 Å². The van der Waals surface area contributed by atoms with Crippen molar-refractivity contribution in [3.05, 3.63) is 29.3 Å². The first-order chi connectivity index (χ1) is 5.93. The van der Waals surface area contributed by atoms with E-state index in [1.807, 2.05) is 27.7 Å². The SMILES string of the molecule is CCc1cc(F)cc(C(C)(C)C)n1. The molecule has 2 heteroatoms. The average Bonchev–Trinajstić information content (AvgIpc) is 2.01. The third-order valence-corrected chi connectivity index (χ3v) is 1.97. The third kappa shape index (κ3) is 2.51. The highest BCUT2D eigenvalue weighted by molar-refractivity contribution is 5.18. The summed E-state index contributed by atoms with van der Waals surface area (Å²) in [6.45, 7) is 8.09. The van der Waals surface area contributed by atoms with Gasteiger partial charge in [0.05, 0.1) is 0 Å². The number of nitrogens with zero attached hydrogens (tertiary/aromatic N) is 1. The van der Waals surface area contributed by atoms with E-state index >= 15 is 0 Å². The first-order valence-corrected chi connectivity index (χ1v) is 4.60. The Kier molecular flexibility index (Phi) is 2.69. The van der Waals surface area contributed by atoms with E-state index in [2.05, 4.69) is 4.98 Å². The predicted octanol–water partition coefficient (Wildman–Crippen LogP) is 3.08. The maximum absolute atomic E-state index is 13.1. The summed E-state index contributed by atoms with van der Waals surface area (Å²) in [5, 5.41) is 0. The van der Waals surface area contributed by atoms with Gasteiger partial charge < -0.3 is 0 Å². The molecule has 1 aromatic rings. The van der Waals surface area contributed by atoms with Crippen molar-refractivity contribution in [2.75, 3.05) is 0 Å². The van der Waals surface area contributed by atoms with E-state index in [1.165, 1.54) is 12.1 Å². The number of hydrogen-bond donors (Lipinski definition) is 0. The van der Waals surface area contributed by atoms with Gasteiger partial charge in [0, 0.05) is 16.8 Å². The molecule has 0 amide bonds. The molecule has 1 nitrogen and oxygen atoms in total. The Morgan fingerprint density at radius 2 is 1.92 bits per heavy atom. The fraction of sp³-hybridized carbons (Fsp3) is 0.545. The molecule has 0 unspecified atom stereocenters. The Morgan fingerprint density at radius 1 is 1.31 bits per heavy atom. The van der Waals surface area contributed by atoms with E-state index in [-0.39, 0.29) is 11.2 Å². The molecule has 0 saturated heterocycles. The van der Waals surface area contributed by atoms with Crippen molar-refractivity contribution in [3.63, 3.8) is 0 Å². The van der Waals surface area contributed by atoms with Gasteiger partial charge in [0.15, 0.2) is 0 Å². The molecule has 0 fully saturated rings. The first-order valence-electron chi connectivity index (χ1n) is 4.60. The smallest absolute Gasteiger partial charge is 0.126 e. The minimum absolute atomic E-state index is 0.0774. The molecule has 0 radical (unpaired) electrons. The zero-order chi connectivity index (χ0) is 10.1. The van der Waals surface area contributed by atoms with Crippen LogP contribution >= 0.6 is 0 Å². The Balaban J connectivity index is 3.16. The van der Waals surface area contributed by atoms with E-state index < -0.39 is 0 Å². The number of aromatic nitrogens is 1. The Hall–Kier alpha value is -0.920. The third-order valence-electron chi connectivity index (χ3n) is 1.97. The molecule has 13 heavy (non-hydrogen) atoms. The van der Waals surface area contributed by atoms with Crippen LogP contribution in [0.3, 0.4) is 0 Å². The second-order valence-corrected chi connectivity index (χ2v) is 4.27. The molecule has 0 bridgehead atoms. The second kappa shape index (κ2) is 3.44. The van der Waals surface area contributed by atoms with E-state index in [9.17, 15) is 4.39 Å².